The molecule has 1 saturated heterocycles. The quantitative estimate of drug-likeness (QED) is 0.413. The number of imide groups is 1. The molecule has 0 aliphatic carbocycles. The molecule has 0 saturated carbocycles. The number of hydrogen-bond acceptors (Lipinski definition) is 7. The summed E-state index contributed by atoms with van der Waals surface area (Å²) in [5.41, 5.74) is 2.87. The predicted octanol–water partition coefficient (Wildman–Crippen LogP) is 5.53. The monoisotopic (exact) mass is 480 g/mol. The highest BCUT2D eigenvalue weighted by Crippen LogP contribution is 2.35. The number of carbonyl (C=O) groups excluding carboxylic acids is 2. The molecule has 1 aliphatic rings. The van der Waals surface area contributed by atoms with Gasteiger partial charge in [-0.3, -0.25) is 14.5 Å². The van der Waals surface area contributed by atoms with E-state index in [0.717, 1.165) is 28.6 Å². The van der Waals surface area contributed by atoms with Gasteiger partial charge in [0.05, 0.1) is 18.1 Å². The van der Waals surface area contributed by atoms with Crippen LogP contribution in [0.1, 0.15) is 43.4 Å². The third kappa shape index (κ3) is 6.12. The number of carbonyl (C=O) groups is 2. The smallest absolute Gasteiger partial charge is 0.293 e. The number of aryl methyl sites for hydroxylation is 1. The average molecular weight is 481 g/mol. The number of amides is 2. The van der Waals surface area contributed by atoms with Crippen molar-refractivity contribution in [3.8, 4) is 23.3 Å². The van der Waals surface area contributed by atoms with Gasteiger partial charge in [-0.25, -0.2) is 0 Å². The summed E-state index contributed by atoms with van der Waals surface area (Å²) >= 11 is 0.899. The van der Waals surface area contributed by atoms with Crippen LogP contribution in [0.3, 0.4) is 0 Å². The van der Waals surface area contributed by atoms with E-state index in [0.29, 0.717) is 34.5 Å². The van der Waals surface area contributed by atoms with Gasteiger partial charge in [0, 0.05) is 0 Å². The summed E-state index contributed by atoms with van der Waals surface area (Å²) in [5, 5.41) is 8.41. The highest BCUT2D eigenvalue weighted by molar-refractivity contribution is 8.18. The van der Waals surface area contributed by atoms with Gasteiger partial charge < -0.3 is 14.2 Å². The number of rotatable bonds is 10. The molecule has 0 atom stereocenters. The van der Waals surface area contributed by atoms with Crippen molar-refractivity contribution in [1.29, 1.82) is 5.26 Å². The molecular formula is C26H28N2O5S. The van der Waals surface area contributed by atoms with Gasteiger partial charge in [0.25, 0.3) is 11.1 Å². The molecule has 0 radical (unpaired) electrons. The maximum atomic E-state index is 12.9. The Morgan fingerprint density at radius 3 is 2.56 bits per heavy atom. The van der Waals surface area contributed by atoms with E-state index >= 15 is 0 Å². The summed E-state index contributed by atoms with van der Waals surface area (Å²) in [6.07, 6.45) is 1.65. The second-order valence-electron chi connectivity index (χ2n) is 7.96. The number of ether oxygens (including phenoxy) is 3. The van der Waals surface area contributed by atoms with Crippen LogP contribution in [0.5, 0.6) is 17.2 Å². The maximum Gasteiger partial charge on any atom is 0.293 e. The van der Waals surface area contributed by atoms with Crippen LogP contribution in [0.25, 0.3) is 6.08 Å². The Hall–Kier alpha value is -3.44. The second-order valence-corrected chi connectivity index (χ2v) is 8.96. The first-order valence-corrected chi connectivity index (χ1v) is 11.9. The van der Waals surface area contributed by atoms with Gasteiger partial charge in [0.15, 0.2) is 18.1 Å². The van der Waals surface area contributed by atoms with Crippen molar-refractivity contribution in [3.05, 3.63) is 58.0 Å². The van der Waals surface area contributed by atoms with Crippen molar-refractivity contribution in [2.24, 2.45) is 0 Å². The summed E-state index contributed by atoms with van der Waals surface area (Å²) in [5.74, 6) is 1.64. The van der Waals surface area contributed by atoms with Crippen molar-refractivity contribution < 1.29 is 23.8 Å². The third-order valence-electron chi connectivity index (χ3n) is 5.09. The minimum Gasteiger partial charge on any atom is -0.491 e. The van der Waals surface area contributed by atoms with Gasteiger partial charge in [-0.1, -0.05) is 32.0 Å². The highest BCUT2D eigenvalue weighted by Gasteiger charge is 2.35. The Morgan fingerprint density at radius 2 is 1.85 bits per heavy atom. The molecule has 8 heteroatoms. The molecule has 0 spiro atoms. The average Bonchev–Trinajstić information content (AvgIpc) is 3.06. The lowest BCUT2D eigenvalue weighted by Crippen LogP contribution is -2.32. The molecule has 3 rings (SSSR count). The van der Waals surface area contributed by atoms with Crippen LogP contribution in [0.2, 0.25) is 0 Å². The molecule has 1 fully saturated rings. The molecular weight excluding hydrogens is 452 g/mol. The molecule has 178 valence electrons. The summed E-state index contributed by atoms with van der Waals surface area (Å²) in [6, 6.07) is 13.1. The molecule has 0 aromatic heterocycles. The van der Waals surface area contributed by atoms with Crippen molar-refractivity contribution in [3.63, 3.8) is 0 Å². The SMILES string of the molecule is CCOc1cc(/C=C2\SC(=O)N(CCOc3cc(C)ccc3C(C)C)C2=O)ccc1OCC#N. The largest absolute Gasteiger partial charge is 0.491 e. The van der Waals surface area contributed by atoms with Crippen molar-refractivity contribution in [1.82, 2.24) is 4.90 Å². The van der Waals surface area contributed by atoms with E-state index in [-0.39, 0.29) is 30.9 Å². The number of nitrogens with zero attached hydrogens (tertiary/aromatic N) is 2. The van der Waals surface area contributed by atoms with E-state index in [4.69, 9.17) is 19.5 Å². The maximum absolute atomic E-state index is 12.9. The molecule has 34 heavy (non-hydrogen) atoms. The lowest BCUT2D eigenvalue weighted by molar-refractivity contribution is -0.123. The zero-order valence-corrected chi connectivity index (χ0v) is 20.6. The highest BCUT2D eigenvalue weighted by atomic mass is 32.2. The standard InChI is InChI=1S/C26H28N2O5S/c1-5-31-23-15-19(7-9-21(23)32-12-10-27)16-24-25(29)28(26(30)34-24)11-13-33-22-14-18(4)6-8-20(22)17(2)3/h6-9,14-17H,5,11-13H2,1-4H3/b24-16-. The summed E-state index contributed by atoms with van der Waals surface area (Å²) < 4.78 is 16.9. The summed E-state index contributed by atoms with van der Waals surface area (Å²) in [7, 11) is 0. The first kappa shape index (κ1) is 25.2. The van der Waals surface area contributed by atoms with E-state index < -0.39 is 0 Å². The lowest BCUT2D eigenvalue weighted by Gasteiger charge is -2.17. The fourth-order valence-corrected chi connectivity index (χ4v) is 4.31. The molecule has 0 bridgehead atoms. The normalized spacial score (nSPS) is 14.6. The van der Waals surface area contributed by atoms with E-state index in [1.807, 2.05) is 38.1 Å². The Labute approximate surface area is 204 Å². The molecule has 0 unspecified atom stereocenters. The fourth-order valence-electron chi connectivity index (χ4n) is 3.45. The molecule has 2 amide bonds. The van der Waals surface area contributed by atoms with Crippen LogP contribution in [-0.4, -0.2) is 42.4 Å². The van der Waals surface area contributed by atoms with Crippen LogP contribution >= 0.6 is 11.8 Å². The topological polar surface area (TPSA) is 88.9 Å². The number of hydrogen-bond donors (Lipinski definition) is 0. The number of thioether (sulfide) groups is 1. The van der Waals surface area contributed by atoms with Gasteiger partial charge >= 0.3 is 0 Å². The molecule has 2 aromatic carbocycles. The Balaban J connectivity index is 1.69. The van der Waals surface area contributed by atoms with Gasteiger partial charge in [-0.2, -0.15) is 5.26 Å². The van der Waals surface area contributed by atoms with Gasteiger partial charge in [-0.05, 0) is 72.5 Å². The zero-order valence-electron chi connectivity index (χ0n) is 19.8. The fraction of sp³-hybridized carbons (Fsp3) is 0.346. The van der Waals surface area contributed by atoms with E-state index in [1.165, 1.54) is 4.90 Å². The van der Waals surface area contributed by atoms with Crippen LogP contribution < -0.4 is 14.2 Å². The molecule has 2 aromatic rings. The van der Waals surface area contributed by atoms with E-state index in [1.54, 1.807) is 24.3 Å². The summed E-state index contributed by atoms with van der Waals surface area (Å²) in [4.78, 5) is 26.9. The third-order valence-corrected chi connectivity index (χ3v) is 6.00. The minimum absolute atomic E-state index is 0.0956. The number of nitriles is 1. The van der Waals surface area contributed by atoms with Crippen LogP contribution in [-0.2, 0) is 4.79 Å². The second kappa shape index (κ2) is 11.6. The zero-order chi connectivity index (χ0) is 24.7. The van der Waals surface area contributed by atoms with Crippen molar-refractivity contribution in [2.45, 2.75) is 33.6 Å². The van der Waals surface area contributed by atoms with Crippen LogP contribution in [0.15, 0.2) is 41.3 Å². The van der Waals surface area contributed by atoms with Crippen LogP contribution in [0.4, 0.5) is 4.79 Å². The first-order valence-electron chi connectivity index (χ1n) is 11.1. The Kier molecular flexibility index (Phi) is 8.61. The van der Waals surface area contributed by atoms with Crippen molar-refractivity contribution in [2.75, 3.05) is 26.4 Å². The van der Waals surface area contributed by atoms with Crippen LogP contribution in [0, 0.1) is 18.3 Å². The number of benzene rings is 2. The van der Waals surface area contributed by atoms with Gasteiger partial charge in [0.2, 0.25) is 0 Å². The Morgan fingerprint density at radius 1 is 1.06 bits per heavy atom. The molecule has 7 nitrogen and oxygen atoms in total. The Bertz CT molecular complexity index is 1140. The lowest BCUT2D eigenvalue weighted by atomic mass is 10.0. The minimum atomic E-state index is -0.352. The first-order chi connectivity index (χ1) is 16.3. The summed E-state index contributed by atoms with van der Waals surface area (Å²) in [6.45, 7) is 8.73. The molecule has 0 N–H and O–H groups in total. The van der Waals surface area contributed by atoms with Gasteiger partial charge in [0.1, 0.15) is 18.4 Å². The van der Waals surface area contributed by atoms with Gasteiger partial charge in [-0.15, -0.1) is 0 Å². The predicted molar refractivity (Wildman–Crippen MR) is 132 cm³/mol. The van der Waals surface area contributed by atoms with Crippen molar-refractivity contribution >= 4 is 29.0 Å². The molecule has 1 heterocycles. The molecule has 1 aliphatic heterocycles. The van der Waals surface area contributed by atoms with E-state index in [2.05, 4.69) is 13.8 Å². The van der Waals surface area contributed by atoms with E-state index in [9.17, 15) is 9.59 Å².